The van der Waals surface area contributed by atoms with Gasteiger partial charge in [0.2, 0.25) is 5.91 Å². The molecular formula is C12H19N3O. The monoisotopic (exact) mass is 221 g/mol. The second-order valence-corrected chi connectivity index (χ2v) is 4.66. The molecule has 4 nitrogen and oxygen atoms in total. The number of carbonyl (C=O) groups is 1. The molecule has 0 aliphatic heterocycles. The number of amides is 1. The van der Waals surface area contributed by atoms with Crippen molar-refractivity contribution in [3.63, 3.8) is 0 Å². The van der Waals surface area contributed by atoms with Crippen LogP contribution in [0, 0.1) is 5.92 Å². The first kappa shape index (κ1) is 11.2. The minimum Gasteiger partial charge on any atom is -0.309 e. The van der Waals surface area contributed by atoms with Gasteiger partial charge in [-0.3, -0.25) is 9.89 Å². The molecule has 0 aromatic carbocycles. The molecule has 16 heavy (non-hydrogen) atoms. The summed E-state index contributed by atoms with van der Waals surface area (Å²) in [4.78, 5) is 11.5. The van der Waals surface area contributed by atoms with Crippen LogP contribution in [0.4, 0.5) is 5.82 Å². The van der Waals surface area contributed by atoms with Crippen LogP contribution in [0.15, 0.2) is 6.07 Å². The molecular weight excluding hydrogens is 202 g/mol. The summed E-state index contributed by atoms with van der Waals surface area (Å²) in [5, 5.41) is 9.94. The van der Waals surface area contributed by atoms with Crippen LogP contribution in [0.1, 0.15) is 51.1 Å². The maximum atomic E-state index is 11.5. The van der Waals surface area contributed by atoms with Gasteiger partial charge in [0.1, 0.15) is 0 Å². The topological polar surface area (TPSA) is 57.8 Å². The van der Waals surface area contributed by atoms with Gasteiger partial charge >= 0.3 is 0 Å². The smallest absolute Gasteiger partial charge is 0.228 e. The number of rotatable bonds is 5. The fraction of sp³-hybridized carbons (Fsp3) is 0.667. The Bertz CT molecular complexity index is 368. The molecule has 0 bridgehead atoms. The molecule has 88 valence electrons. The van der Waals surface area contributed by atoms with Crippen LogP contribution < -0.4 is 5.32 Å². The molecule has 4 heteroatoms. The Morgan fingerprint density at radius 3 is 3.06 bits per heavy atom. The van der Waals surface area contributed by atoms with E-state index < -0.39 is 0 Å². The van der Waals surface area contributed by atoms with Crippen LogP contribution in [0.25, 0.3) is 0 Å². The van der Waals surface area contributed by atoms with Crippen molar-refractivity contribution in [1.29, 1.82) is 0 Å². The van der Waals surface area contributed by atoms with Crippen molar-refractivity contribution in [2.24, 2.45) is 5.92 Å². The van der Waals surface area contributed by atoms with Gasteiger partial charge in [-0.25, -0.2) is 0 Å². The standard InChI is InChI=1S/C12H19N3O/c1-3-4-8(2)10-7-11(15-14-10)13-12(16)9-5-6-9/h7-9H,3-6H2,1-2H3,(H2,13,14,15,16)/t8-/m1/s1. The summed E-state index contributed by atoms with van der Waals surface area (Å²) in [7, 11) is 0. The van der Waals surface area contributed by atoms with Crippen LogP contribution in [-0.2, 0) is 4.79 Å². The molecule has 2 N–H and O–H groups in total. The molecule has 1 amide bonds. The summed E-state index contributed by atoms with van der Waals surface area (Å²) in [6, 6.07) is 1.95. The van der Waals surface area contributed by atoms with E-state index in [9.17, 15) is 4.79 Å². The number of aromatic nitrogens is 2. The van der Waals surface area contributed by atoms with Gasteiger partial charge in [-0.1, -0.05) is 20.3 Å². The molecule has 1 aromatic heterocycles. The molecule has 1 heterocycles. The fourth-order valence-corrected chi connectivity index (χ4v) is 1.82. The van der Waals surface area contributed by atoms with Crippen molar-refractivity contribution < 1.29 is 4.79 Å². The minimum atomic E-state index is 0.112. The molecule has 0 unspecified atom stereocenters. The van der Waals surface area contributed by atoms with Crippen molar-refractivity contribution >= 4 is 11.7 Å². The summed E-state index contributed by atoms with van der Waals surface area (Å²) in [5.74, 6) is 1.48. The summed E-state index contributed by atoms with van der Waals surface area (Å²) < 4.78 is 0. The Balaban J connectivity index is 1.93. The zero-order valence-electron chi connectivity index (χ0n) is 9.92. The number of hydrogen-bond acceptors (Lipinski definition) is 2. The van der Waals surface area contributed by atoms with Crippen LogP contribution in [0.2, 0.25) is 0 Å². The average molecular weight is 221 g/mol. The summed E-state index contributed by atoms with van der Waals surface area (Å²) >= 11 is 0. The van der Waals surface area contributed by atoms with Crippen molar-refractivity contribution in [2.75, 3.05) is 5.32 Å². The lowest BCUT2D eigenvalue weighted by atomic mass is 10.0. The van der Waals surface area contributed by atoms with Crippen LogP contribution in [0.5, 0.6) is 0 Å². The van der Waals surface area contributed by atoms with E-state index in [4.69, 9.17) is 0 Å². The highest BCUT2D eigenvalue weighted by Gasteiger charge is 2.30. The van der Waals surface area contributed by atoms with Gasteiger partial charge in [0.15, 0.2) is 5.82 Å². The largest absolute Gasteiger partial charge is 0.309 e. The van der Waals surface area contributed by atoms with Crippen LogP contribution in [0.3, 0.4) is 0 Å². The van der Waals surface area contributed by atoms with Crippen molar-refractivity contribution in [3.8, 4) is 0 Å². The fourth-order valence-electron chi connectivity index (χ4n) is 1.82. The number of aromatic amines is 1. The third kappa shape index (κ3) is 2.62. The second kappa shape index (κ2) is 4.68. The SMILES string of the molecule is CCC[C@@H](C)c1cc(NC(=O)C2CC2)n[nH]1. The van der Waals surface area contributed by atoms with Gasteiger partial charge in [-0.2, -0.15) is 5.10 Å². The number of carbonyl (C=O) groups excluding carboxylic acids is 1. The summed E-state index contributed by atoms with van der Waals surface area (Å²) in [6.07, 6.45) is 4.34. The molecule has 0 spiro atoms. The average Bonchev–Trinajstić information content (AvgIpc) is 3.00. The predicted molar refractivity (Wildman–Crippen MR) is 63.3 cm³/mol. The molecule has 0 radical (unpaired) electrons. The zero-order valence-corrected chi connectivity index (χ0v) is 9.92. The Kier molecular flexibility index (Phi) is 3.27. The zero-order chi connectivity index (χ0) is 11.5. The van der Waals surface area contributed by atoms with E-state index in [0.29, 0.717) is 11.7 Å². The predicted octanol–water partition coefficient (Wildman–Crippen LogP) is 2.66. The molecule has 1 aliphatic carbocycles. The third-order valence-electron chi connectivity index (χ3n) is 3.05. The maximum Gasteiger partial charge on any atom is 0.228 e. The molecule has 1 aliphatic rings. The molecule has 1 aromatic rings. The lowest BCUT2D eigenvalue weighted by Gasteiger charge is -2.05. The molecule has 0 saturated heterocycles. The highest BCUT2D eigenvalue weighted by molar-refractivity contribution is 5.93. The number of H-pyrrole nitrogens is 1. The van der Waals surface area contributed by atoms with Gasteiger partial charge in [-0.05, 0) is 25.2 Å². The van der Waals surface area contributed by atoms with Crippen LogP contribution >= 0.6 is 0 Å². The first-order chi connectivity index (χ1) is 7.70. The van der Waals surface area contributed by atoms with Crippen molar-refractivity contribution in [3.05, 3.63) is 11.8 Å². The Morgan fingerprint density at radius 2 is 2.44 bits per heavy atom. The quantitative estimate of drug-likeness (QED) is 0.803. The van der Waals surface area contributed by atoms with E-state index in [2.05, 4.69) is 29.4 Å². The summed E-state index contributed by atoms with van der Waals surface area (Å²) in [6.45, 7) is 4.34. The van der Waals surface area contributed by atoms with Gasteiger partial charge in [0.05, 0.1) is 0 Å². The normalized spacial score (nSPS) is 17.1. The van der Waals surface area contributed by atoms with E-state index in [1.54, 1.807) is 0 Å². The number of nitrogens with zero attached hydrogens (tertiary/aromatic N) is 1. The van der Waals surface area contributed by atoms with E-state index in [1.165, 1.54) is 0 Å². The second-order valence-electron chi connectivity index (χ2n) is 4.66. The highest BCUT2D eigenvalue weighted by Crippen LogP contribution is 2.30. The van der Waals surface area contributed by atoms with E-state index >= 15 is 0 Å². The molecule has 2 rings (SSSR count). The van der Waals surface area contributed by atoms with Crippen LogP contribution in [-0.4, -0.2) is 16.1 Å². The first-order valence-electron chi connectivity index (χ1n) is 6.07. The number of nitrogens with one attached hydrogen (secondary N) is 2. The first-order valence-corrected chi connectivity index (χ1v) is 6.07. The summed E-state index contributed by atoms with van der Waals surface area (Å²) in [5.41, 5.74) is 1.10. The Morgan fingerprint density at radius 1 is 1.69 bits per heavy atom. The van der Waals surface area contributed by atoms with E-state index in [-0.39, 0.29) is 11.8 Å². The lowest BCUT2D eigenvalue weighted by Crippen LogP contribution is -2.13. The van der Waals surface area contributed by atoms with Gasteiger partial charge in [0.25, 0.3) is 0 Å². The van der Waals surface area contributed by atoms with E-state index in [0.717, 1.165) is 31.4 Å². The maximum absolute atomic E-state index is 11.5. The van der Waals surface area contributed by atoms with E-state index in [1.807, 2.05) is 6.07 Å². The van der Waals surface area contributed by atoms with Gasteiger partial charge in [0, 0.05) is 17.7 Å². The number of anilines is 1. The Hall–Kier alpha value is -1.32. The Labute approximate surface area is 95.8 Å². The third-order valence-corrected chi connectivity index (χ3v) is 3.05. The highest BCUT2D eigenvalue weighted by atomic mass is 16.2. The molecule has 1 atom stereocenters. The molecule has 1 fully saturated rings. The van der Waals surface area contributed by atoms with Gasteiger partial charge < -0.3 is 5.32 Å². The lowest BCUT2D eigenvalue weighted by molar-refractivity contribution is -0.117. The minimum absolute atomic E-state index is 0.112. The van der Waals surface area contributed by atoms with Crippen molar-refractivity contribution in [2.45, 2.75) is 45.4 Å². The van der Waals surface area contributed by atoms with Gasteiger partial charge in [-0.15, -0.1) is 0 Å². The molecule has 1 saturated carbocycles. The number of hydrogen-bond donors (Lipinski definition) is 2. The van der Waals surface area contributed by atoms with Crippen molar-refractivity contribution in [1.82, 2.24) is 10.2 Å².